The number of methoxy groups -OCH3 is 1. The van der Waals surface area contributed by atoms with Gasteiger partial charge in [0.05, 0.1) is 5.56 Å². The fraction of sp³-hybridized carbons (Fsp3) is 0.391. The highest BCUT2D eigenvalue weighted by molar-refractivity contribution is 6.31. The Morgan fingerprint density at radius 3 is 3.06 bits per heavy atom. The van der Waals surface area contributed by atoms with Crippen LogP contribution in [-0.2, 0) is 9.53 Å². The van der Waals surface area contributed by atoms with E-state index in [1.165, 1.54) is 0 Å². The van der Waals surface area contributed by atoms with Crippen molar-refractivity contribution in [2.45, 2.75) is 18.9 Å². The van der Waals surface area contributed by atoms with E-state index in [1.807, 2.05) is 36.4 Å². The molecule has 0 unspecified atom stereocenters. The van der Waals surface area contributed by atoms with Crippen molar-refractivity contribution < 1.29 is 14.3 Å². The molecular weight excluding hydrogens is 416 g/mol. The summed E-state index contributed by atoms with van der Waals surface area (Å²) in [7, 11) is 1.66. The standard InChI is InChI=1S/C23H27ClN4O3/c1-30-12-4-9-26-22(29)14-17-15-28(11-10-25-17)23-18-5-2-3-6-20(18)31-21-8-7-16(24)13-19(21)27-23/h2-3,5-8,13,17,25H,4,9-12,14-15H2,1H3,(H,26,29)/t17-/m0/s1. The molecule has 1 saturated heterocycles. The number of carbonyl (C=O) groups excluding carboxylic acids is 1. The van der Waals surface area contributed by atoms with Crippen molar-refractivity contribution in [3.63, 3.8) is 0 Å². The summed E-state index contributed by atoms with van der Waals surface area (Å²) in [6.07, 6.45) is 1.22. The number of amides is 1. The van der Waals surface area contributed by atoms with E-state index in [-0.39, 0.29) is 11.9 Å². The summed E-state index contributed by atoms with van der Waals surface area (Å²) in [5, 5.41) is 7.03. The molecule has 2 aliphatic heterocycles. The maximum atomic E-state index is 12.3. The van der Waals surface area contributed by atoms with Gasteiger partial charge in [0, 0.05) is 57.4 Å². The Morgan fingerprint density at radius 1 is 1.32 bits per heavy atom. The Morgan fingerprint density at radius 2 is 2.19 bits per heavy atom. The lowest BCUT2D eigenvalue weighted by Gasteiger charge is -2.35. The van der Waals surface area contributed by atoms with E-state index in [9.17, 15) is 4.79 Å². The van der Waals surface area contributed by atoms with Crippen LogP contribution in [0.25, 0.3) is 0 Å². The van der Waals surface area contributed by atoms with Gasteiger partial charge in [-0.25, -0.2) is 4.99 Å². The number of aliphatic imine (C=N–C) groups is 1. The van der Waals surface area contributed by atoms with Crippen molar-refractivity contribution in [2.24, 2.45) is 4.99 Å². The molecule has 2 heterocycles. The molecule has 7 nitrogen and oxygen atoms in total. The lowest BCUT2D eigenvalue weighted by atomic mass is 10.1. The third-order valence-corrected chi connectivity index (χ3v) is 5.56. The van der Waals surface area contributed by atoms with Crippen LogP contribution >= 0.6 is 11.6 Å². The van der Waals surface area contributed by atoms with Gasteiger partial charge in [-0.1, -0.05) is 23.7 Å². The number of ether oxygens (including phenoxy) is 2. The number of amidine groups is 1. The summed E-state index contributed by atoms with van der Waals surface area (Å²) in [4.78, 5) is 19.5. The molecule has 2 aromatic carbocycles. The average molecular weight is 443 g/mol. The number of piperazine rings is 1. The Bertz CT molecular complexity index is 966. The first-order valence-electron chi connectivity index (χ1n) is 10.5. The molecule has 0 radical (unpaired) electrons. The molecular formula is C23H27ClN4O3. The van der Waals surface area contributed by atoms with Gasteiger partial charge in [0.1, 0.15) is 17.3 Å². The van der Waals surface area contributed by atoms with Crippen molar-refractivity contribution in [3.8, 4) is 11.5 Å². The van der Waals surface area contributed by atoms with Crippen LogP contribution in [0.4, 0.5) is 5.69 Å². The topological polar surface area (TPSA) is 75.2 Å². The molecule has 31 heavy (non-hydrogen) atoms. The monoisotopic (exact) mass is 442 g/mol. The molecule has 2 aromatic rings. The SMILES string of the molecule is COCCCNC(=O)C[C@H]1CN(C2=Nc3cc(Cl)ccc3Oc3ccccc32)CCN1. The number of carbonyl (C=O) groups is 1. The number of nitrogens with zero attached hydrogens (tertiary/aromatic N) is 2. The van der Waals surface area contributed by atoms with Crippen LogP contribution in [-0.4, -0.2) is 62.6 Å². The molecule has 0 aliphatic carbocycles. The van der Waals surface area contributed by atoms with E-state index in [0.29, 0.717) is 42.6 Å². The maximum Gasteiger partial charge on any atom is 0.221 e. The van der Waals surface area contributed by atoms with Crippen LogP contribution in [0.15, 0.2) is 47.5 Å². The fourth-order valence-electron chi connectivity index (χ4n) is 3.83. The summed E-state index contributed by atoms with van der Waals surface area (Å²) in [5.74, 6) is 2.31. The summed E-state index contributed by atoms with van der Waals surface area (Å²) in [6.45, 7) is 3.50. The molecule has 0 bridgehead atoms. The first kappa shape index (κ1) is 21.6. The van der Waals surface area contributed by atoms with Crippen molar-refractivity contribution in [1.82, 2.24) is 15.5 Å². The van der Waals surface area contributed by atoms with E-state index in [4.69, 9.17) is 26.1 Å². The number of nitrogens with one attached hydrogen (secondary N) is 2. The fourth-order valence-corrected chi connectivity index (χ4v) is 4.00. The minimum atomic E-state index is 0.0361. The van der Waals surface area contributed by atoms with E-state index in [2.05, 4.69) is 15.5 Å². The first-order valence-corrected chi connectivity index (χ1v) is 10.9. The summed E-state index contributed by atoms with van der Waals surface area (Å²) >= 11 is 6.22. The molecule has 2 N–H and O–H groups in total. The second kappa shape index (κ2) is 10.1. The zero-order chi connectivity index (χ0) is 21.6. The minimum absolute atomic E-state index is 0.0361. The van der Waals surface area contributed by atoms with Gasteiger partial charge in [-0.05, 0) is 36.8 Å². The Kier molecular flexibility index (Phi) is 7.06. The lowest BCUT2D eigenvalue weighted by Crippen LogP contribution is -2.54. The number of para-hydroxylation sites is 1. The van der Waals surface area contributed by atoms with Gasteiger partial charge in [0.2, 0.25) is 5.91 Å². The van der Waals surface area contributed by atoms with Gasteiger partial charge >= 0.3 is 0 Å². The summed E-state index contributed by atoms with van der Waals surface area (Å²) in [5.41, 5.74) is 1.63. The quantitative estimate of drug-likeness (QED) is 0.671. The highest BCUT2D eigenvalue weighted by Crippen LogP contribution is 2.39. The Hall–Kier alpha value is -2.61. The normalized spacial score (nSPS) is 17.7. The molecule has 2 aliphatic rings. The van der Waals surface area contributed by atoms with Gasteiger partial charge in [-0.3, -0.25) is 4.79 Å². The molecule has 0 saturated carbocycles. The minimum Gasteiger partial charge on any atom is -0.454 e. The lowest BCUT2D eigenvalue weighted by molar-refractivity contribution is -0.121. The highest BCUT2D eigenvalue weighted by Gasteiger charge is 2.28. The molecule has 1 fully saturated rings. The number of benzene rings is 2. The molecule has 0 spiro atoms. The Balaban J connectivity index is 1.52. The number of fused-ring (bicyclic) bond motifs is 2. The van der Waals surface area contributed by atoms with Crippen molar-refractivity contribution in [3.05, 3.63) is 53.1 Å². The third kappa shape index (κ3) is 5.36. The van der Waals surface area contributed by atoms with Gasteiger partial charge in [-0.15, -0.1) is 0 Å². The molecule has 4 rings (SSSR count). The summed E-state index contributed by atoms with van der Waals surface area (Å²) < 4.78 is 11.2. The largest absolute Gasteiger partial charge is 0.454 e. The van der Waals surface area contributed by atoms with Crippen LogP contribution in [0.3, 0.4) is 0 Å². The van der Waals surface area contributed by atoms with Crippen molar-refractivity contribution in [2.75, 3.05) is 39.9 Å². The molecule has 1 atom stereocenters. The average Bonchev–Trinajstić information content (AvgIpc) is 2.93. The predicted molar refractivity (Wildman–Crippen MR) is 122 cm³/mol. The van der Waals surface area contributed by atoms with Crippen LogP contribution in [0.5, 0.6) is 11.5 Å². The van der Waals surface area contributed by atoms with Crippen LogP contribution in [0, 0.1) is 0 Å². The van der Waals surface area contributed by atoms with Crippen molar-refractivity contribution >= 4 is 29.0 Å². The maximum absolute atomic E-state index is 12.3. The van der Waals surface area contributed by atoms with Gasteiger partial charge in [0.15, 0.2) is 5.75 Å². The van der Waals surface area contributed by atoms with Crippen LogP contribution in [0.2, 0.25) is 5.02 Å². The zero-order valence-corrected chi connectivity index (χ0v) is 18.3. The number of hydrogen-bond donors (Lipinski definition) is 2. The molecule has 164 valence electrons. The van der Waals surface area contributed by atoms with E-state index in [0.717, 1.165) is 36.7 Å². The van der Waals surface area contributed by atoms with Gasteiger partial charge < -0.3 is 25.0 Å². The highest BCUT2D eigenvalue weighted by atomic mass is 35.5. The third-order valence-electron chi connectivity index (χ3n) is 5.33. The Labute approximate surface area is 187 Å². The second-order valence-electron chi connectivity index (χ2n) is 7.64. The van der Waals surface area contributed by atoms with Gasteiger partial charge in [0.25, 0.3) is 0 Å². The van der Waals surface area contributed by atoms with E-state index in [1.54, 1.807) is 13.2 Å². The van der Waals surface area contributed by atoms with E-state index < -0.39 is 0 Å². The zero-order valence-electron chi connectivity index (χ0n) is 17.6. The van der Waals surface area contributed by atoms with Crippen molar-refractivity contribution in [1.29, 1.82) is 0 Å². The summed E-state index contributed by atoms with van der Waals surface area (Å²) in [6, 6.07) is 13.4. The van der Waals surface area contributed by atoms with E-state index >= 15 is 0 Å². The van der Waals surface area contributed by atoms with Crippen LogP contribution in [0.1, 0.15) is 18.4 Å². The van der Waals surface area contributed by atoms with Gasteiger partial charge in [-0.2, -0.15) is 0 Å². The number of rotatable bonds is 6. The predicted octanol–water partition coefficient (Wildman–Crippen LogP) is 3.34. The number of hydrogen-bond acceptors (Lipinski definition) is 6. The molecule has 1 amide bonds. The van der Waals surface area contributed by atoms with Crippen LogP contribution < -0.4 is 15.4 Å². The smallest absolute Gasteiger partial charge is 0.221 e. The number of halogens is 1. The second-order valence-corrected chi connectivity index (χ2v) is 8.08. The molecule has 0 aromatic heterocycles. The molecule has 8 heteroatoms. The first-order chi connectivity index (χ1) is 15.1.